The molecule has 1 heterocycles. The first kappa shape index (κ1) is 34.2. The average molecular weight is 611 g/mol. The number of ether oxygens (including phenoxy) is 2. The molecule has 1 aliphatic heterocycles. The normalized spacial score (nSPS) is 21.9. The lowest BCUT2D eigenvalue weighted by molar-refractivity contribution is -0.146. The number of piperidine rings is 1. The van der Waals surface area contributed by atoms with E-state index in [1.54, 1.807) is 45.0 Å². The van der Waals surface area contributed by atoms with Crippen molar-refractivity contribution >= 4 is 26.3 Å². The van der Waals surface area contributed by atoms with Crippen molar-refractivity contribution < 1.29 is 28.3 Å². The molecule has 236 valence electrons. The number of carbonyl (C=O) groups excluding carboxylic acids is 3. The number of esters is 1. The topological polar surface area (TPSA) is 94.2 Å². The highest BCUT2D eigenvalue weighted by atomic mass is 28.4. The summed E-state index contributed by atoms with van der Waals surface area (Å²) >= 11 is 0. The third-order valence-corrected chi connectivity index (χ3v) is 13.4. The van der Waals surface area contributed by atoms with E-state index in [0.29, 0.717) is 18.5 Å². The zero-order chi connectivity index (χ0) is 32.4. The Bertz CT molecular complexity index is 1300. The molecule has 0 saturated carbocycles. The van der Waals surface area contributed by atoms with Gasteiger partial charge >= 0.3 is 12.1 Å². The Kier molecular flexibility index (Phi) is 10.1. The van der Waals surface area contributed by atoms with Crippen LogP contribution in [-0.2, 0) is 24.5 Å². The van der Waals surface area contributed by atoms with Crippen LogP contribution in [0.5, 0.6) is 5.75 Å². The van der Waals surface area contributed by atoms with Gasteiger partial charge in [0.1, 0.15) is 17.4 Å². The van der Waals surface area contributed by atoms with Crippen molar-refractivity contribution in [3.05, 3.63) is 65.7 Å². The van der Waals surface area contributed by atoms with Crippen molar-refractivity contribution in [1.82, 2.24) is 10.2 Å². The van der Waals surface area contributed by atoms with Crippen LogP contribution < -0.4 is 9.74 Å². The smallest absolute Gasteiger partial charge is 0.410 e. The summed E-state index contributed by atoms with van der Waals surface area (Å²) in [6, 6.07) is 15.1. The maximum absolute atomic E-state index is 14.1. The van der Waals surface area contributed by atoms with Crippen LogP contribution in [0.1, 0.15) is 79.0 Å². The van der Waals surface area contributed by atoms with E-state index in [1.165, 1.54) is 12.0 Å². The number of amides is 2. The van der Waals surface area contributed by atoms with Crippen LogP contribution in [0.15, 0.2) is 54.6 Å². The SMILES string of the molecule is COC(=O)[C@H](NC(=O)[C@H]1C[C@@](C)(c2cccc(O[Si](C)(C)C(C)(C)C)c2)[C@@H](C)CN1C(=O)OC(C)(C)C)c1ccccc1. The van der Waals surface area contributed by atoms with Gasteiger partial charge in [-0.3, -0.25) is 9.69 Å². The van der Waals surface area contributed by atoms with Gasteiger partial charge in [-0.2, -0.15) is 0 Å². The summed E-state index contributed by atoms with van der Waals surface area (Å²) in [6.07, 6.45) is -0.239. The molecule has 3 rings (SSSR count). The van der Waals surface area contributed by atoms with Gasteiger partial charge in [-0.1, -0.05) is 77.1 Å². The van der Waals surface area contributed by atoms with Gasteiger partial charge in [0.05, 0.1) is 7.11 Å². The van der Waals surface area contributed by atoms with Crippen molar-refractivity contribution in [3.8, 4) is 5.75 Å². The van der Waals surface area contributed by atoms with Crippen LogP contribution in [0.2, 0.25) is 18.1 Å². The summed E-state index contributed by atoms with van der Waals surface area (Å²) in [5.41, 5.74) is 0.399. The summed E-state index contributed by atoms with van der Waals surface area (Å²) in [7, 11) is -0.795. The van der Waals surface area contributed by atoms with Gasteiger partial charge in [0.2, 0.25) is 14.2 Å². The molecule has 2 aromatic rings. The van der Waals surface area contributed by atoms with Gasteiger partial charge in [0.25, 0.3) is 0 Å². The fourth-order valence-corrected chi connectivity index (χ4v) is 6.16. The van der Waals surface area contributed by atoms with Crippen LogP contribution in [0.3, 0.4) is 0 Å². The van der Waals surface area contributed by atoms with E-state index >= 15 is 0 Å². The molecule has 9 heteroatoms. The number of nitrogens with zero attached hydrogens (tertiary/aromatic N) is 1. The van der Waals surface area contributed by atoms with Gasteiger partial charge in [-0.15, -0.1) is 0 Å². The molecule has 0 aromatic heterocycles. The largest absolute Gasteiger partial charge is 0.543 e. The zero-order valence-electron chi connectivity index (χ0n) is 27.7. The minimum absolute atomic E-state index is 0.0160. The highest BCUT2D eigenvalue weighted by Gasteiger charge is 2.49. The second-order valence-corrected chi connectivity index (χ2v) is 19.2. The molecule has 0 unspecified atom stereocenters. The molecule has 2 amide bonds. The Labute approximate surface area is 258 Å². The molecule has 0 spiro atoms. The van der Waals surface area contributed by atoms with Crippen molar-refractivity contribution in [2.45, 2.75) is 103 Å². The molecular formula is C34H50N2O6Si. The first-order valence-electron chi connectivity index (χ1n) is 15.0. The number of hydrogen-bond donors (Lipinski definition) is 1. The van der Waals surface area contributed by atoms with Crippen LogP contribution >= 0.6 is 0 Å². The summed E-state index contributed by atoms with van der Waals surface area (Å²) in [6.45, 7) is 21.0. The molecule has 0 radical (unpaired) electrons. The Balaban J connectivity index is 2.01. The van der Waals surface area contributed by atoms with Gasteiger partial charge in [-0.25, -0.2) is 9.59 Å². The third-order valence-electron chi connectivity index (χ3n) is 9.01. The molecule has 1 aliphatic rings. The molecular weight excluding hydrogens is 560 g/mol. The summed E-state index contributed by atoms with van der Waals surface area (Å²) < 4.78 is 17.4. The van der Waals surface area contributed by atoms with E-state index in [0.717, 1.165) is 11.3 Å². The number of rotatable bonds is 7. The van der Waals surface area contributed by atoms with Crippen molar-refractivity contribution in [2.24, 2.45) is 5.92 Å². The number of benzene rings is 2. The van der Waals surface area contributed by atoms with Gasteiger partial charge < -0.3 is 19.2 Å². The molecule has 1 saturated heterocycles. The van der Waals surface area contributed by atoms with E-state index in [9.17, 15) is 14.4 Å². The number of carbonyl (C=O) groups is 3. The van der Waals surface area contributed by atoms with E-state index in [1.807, 2.05) is 18.2 Å². The van der Waals surface area contributed by atoms with Crippen LogP contribution in [0.25, 0.3) is 0 Å². The van der Waals surface area contributed by atoms with Gasteiger partial charge in [0, 0.05) is 6.54 Å². The van der Waals surface area contributed by atoms with Crippen molar-refractivity contribution in [2.75, 3.05) is 13.7 Å². The number of likely N-dealkylation sites (tertiary alicyclic amines) is 1. The molecule has 0 bridgehead atoms. The summed E-state index contributed by atoms with van der Waals surface area (Å²) in [5, 5.41) is 2.92. The van der Waals surface area contributed by atoms with E-state index in [2.05, 4.69) is 65.2 Å². The minimum atomic E-state index is -2.08. The average Bonchev–Trinajstić information content (AvgIpc) is 2.91. The minimum Gasteiger partial charge on any atom is -0.543 e. The lowest BCUT2D eigenvalue weighted by atomic mass is 9.65. The first-order chi connectivity index (χ1) is 19.8. The molecule has 43 heavy (non-hydrogen) atoms. The van der Waals surface area contributed by atoms with Crippen LogP contribution in [0.4, 0.5) is 4.79 Å². The molecule has 1 fully saturated rings. The molecule has 1 N–H and O–H groups in total. The zero-order valence-corrected chi connectivity index (χ0v) is 28.7. The standard InChI is InChI=1S/C34H50N2O6Si/c1-23-22-36(31(39)41-32(2,3)4)27(29(37)35-28(30(38)40-9)24-16-13-12-14-17-24)21-34(23,8)25-18-15-19-26(20-25)42-43(10,11)33(5,6)7/h12-20,23,27-28H,21-22H2,1-11H3,(H,35,37)/t23-,27+,28+,34+/m0/s1. The van der Waals surface area contributed by atoms with E-state index in [-0.39, 0.29) is 11.0 Å². The maximum Gasteiger partial charge on any atom is 0.410 e. The number of hydrogen-bond acceptors (Lipinski definition) is 6. The van der Waals surface area contributed by atoms with Crippen LogP contribution in [-0.4, -0.2) is 56.5 Å². The summed E-state index contributed by atoms with van der Waals surface area (Å²) in [4.78, 5) is 41.9. The predicted octanol–water partition coefficient (Wildman–Crippen LogP) is 7.00. The Hall–Kier alpha value is -3.33. The summed E-state index contributed by atoms with van der Waals surface area (Å²) in [5.74, 6) is -0.247. The fraction of sp³-hybridized carbons (Fsp3) is 0.559. The highest BCUT2D eigenvalue weighted by Crippen LogP contribution is 2.44. The van der Waals surface area contributed by atoms with Gasteiger partial charge in [-0.05, 0) is 79.9 Å². The third kappa shape index (κ3) is 7.99. The fourth-order valence-electron chi connectivity index (χ4n) is 5.14. The predicted molar refractivity (Wildman–Crippen MR) is 171 cm³/mol. The monoisotopic (exact) mass is 610 g/mol. The second kappa shape index (κ2) is 12.7. The second-order valence-electron chi connectivity index (χ2n) is 14.4. The molecule has 2 aromatic carbocycles. The van der Waals surface area contributed by atoms with Crippen molar-refractivity contribution in [3.63, 3.8) is 0 Å². The lowest BCUT2D eigenvalue weighted by Crippen LogP contribution is -2.60. The Morgan fingerprint density at radius 1 is 1.00 bits per heavy atom. The molecule has 4 atom stereocenters. The first-order valence-corrected chi connectivity index (χ1v) is 17.9. The highest BCUT2D eigenvalue weighted by molar-refractivity contribution is 6.74. The molecule has 0 aliphatic carbocycles. The van der Waals surface area contributed by atoms with Crippen LogP contribution in [0, 0.1) is 5.92 Å². The number of methoxy groups -OCH3 is 1. The maximum atomic E-state index is 14.1. The quantitative estimate of drug-likeness (QED) is 0.268. The Morgan fingerprint density at radius 3 is 2.19 bits per heavy atom. The lowest BCUT2D eigenvalue weighted by Gasteiger charge is -2.49. The van der Waals surface area contributed by atoms with Crippen molar-refractivity contribution in [1.29, 1.82) is 0 Å². The van der Waals surface area contributed by atoms with E-state index in [4.69, 9.17) is 13.9 Å². The van der Waals surface area contributed by atoms with Gasteiger partial charge in [0.15, 0.2) is 6.04 Å². The Morgan fingerprint density at radius 2 is 1.63 bits per heavy atom. The molecule has 8 nitrogen and oxygen atoms in total. The van der Waals surface area contributed by atoms with E-state index < -0.39 is 49.4 Å². The number of nitrogens with one attached hydrogen (secondary N) is 1.